The normalized spacial score (nSPS) is 10.6. The second-order valence-electron chi connectivity index (χ2n) is 6.80. The summed E-state index contributed by atoms with van der Waals surface area (Å²) in [7, 11) is 1.92. The molecule has 0 aliphatic rings. The Hall–Kier alpha value is -3.08. The largest absolute Gasteiger partial charge is 0.365 e. The highest BCUT2D eigenvalue weighted by molar-refractivity contribution is 5.81. The number of nitrogens with zero attached hydrogens (tertiary/aromatic N) is 3. The number of likely N-dealkylation sites (N-methyl/N-ethyl adjacent to an activating group) is 1. The van der Waals surface area contributed by atoms with E-state index >= 15 is 0 Å². The molecular formula is C22H26N4O. The van der Waals surface area contributed by atoms with Gasteiger partial charge in [-0.05, 0) is 56.2 Å². The van der Waals surface area contributed by atoms with Gasteiger partial charge >= 0.3 is 0 Å². The zero-order chi connectivity index (χ0) is 19.2. The highest BCUT2D eigenvalue weighted by atomic mass is 16.2. The van der Waals surface area contributed by atoms with Crippen LogP contribution in [0.5, 0.6) is 0 Å². The number of hydrogen-bond acceptors (Lipinski definition) is 3. The average molecular weight is 362 g/mol. The first-order valence-electron chi connectivity index (χ1n) is 9.18. The Bertz CT molecular complexity index is 884. The standard InChI is InChI=1S/C22H26N4O/c1-17-15-18(2)26(24-17)21-11-9-19(10-12-21)13-14-23-22(27)16-25(3)20-7-5-4-6-8-20/h4-12,15H,13-14,16H2,1-3H3,(H,23,27). The maximum Gasteiger partial charge on any atom is 0.239 e. The fourth-order valence-electron chi connectivity index (χ4n) is 3.09. The van der Waals surface area contributed by atoms with Crippen LogP contribution in [-0.2, 0) is 11.2 Å². The van der Waals surface area contributed by atoms with Crippen molar-refractivity contribution < 1.29 is 4.79 Å². The zero-order valence-corrected chi connectivity index (χ0v) is 16.1. The van der Waals surface area contributed by atoms with E-state index in [0.29, 0.717) is 13.1 Å². The first kappa shape index (κ1) is 18.7. The Morgan fingerprint density at radius 2 is 1.78 bits per heavy atom. The van der Waals surface area contributed by atoms with Gasteiger partial charge < -0.3 is 10.2 Å². The van der Waals surface area contributed by atoms with E-state index in [1.54, 1.807) is 0 Å². The second-order valence-corrected chi connectivity index (χ2v) is 6.80. The third-order valence-electron chi connectivity index (χ3n) is 4.50. The molecule has 0 radical (unpaired) electrons. The van der Waals surface area contributed by atoms with Crippen LogP contribution in [0.15, 0.2) is 60.7 Å². The quantitative estimate of drug-likeness (QED) is 0.702. The van der Waals surface area contributed by atoms with Gasteiger partial charge in [-0.2, -0.15) is 5.10 Å². The molecule has 0 unspecified atom stereocenters. The van der Waals surface area contributed by atoms with Gasteiger partial charge in [0.1, 0.15) is 0 Å². The number of anilines is 1. The Kier molecular flexibility index (Phi) is 5.91. The molecule has 0 bridgehead atoms. The third kappa shape index (κ3) is 4.97. The van der Waals surface area contributed by atoms with E-state index in [1.165, 1.54) is 5.56 Å². The predicted molar refractivity (Wildman–Crippen MR) is 109 cm³/mol. The number of carbonyl (C=O) groups is 1. The number of hydrogen-bond donors (Lipinski definition) is 1. The summed E-state index contributed by atoms with van der Waals surface area (Å²) in [5.41, 5.74) is 5.41. The molecular weight excluding hydrogens is 336 g/mol. The summed E-state index contributed by atoms with van der Waals surface area (Å²) in [5, 5.41) is 7.50. The number of nitrogens with one attached hydrogen (secondary N) is 1. The first-order chi connectivity index (χ1) is 13.0. The summed E-state index contributed by atoms with van der Waals surface area (Å²) in [5.74, 6) is 0.0283. The molecule has 0 saturated heterocycles. The molecule has 140 valence electrons. The smallest absolute Gasteiger partial charge is 0.239 e. The Morgan fingerprint density at radius 3 is 2.41 bits per heavy atom. The molecule has 0 aliphatic carbocycles. The minimum absolute atomic E-state index is 0.0283. The van der Waals surface area contributed by atoms with Crippen LogP contribution in [0.2, 0.25) is 0 Å². The molecule has 0 saturated carbocycles. The molecule has 2 aromatic carbocycles. The van der Waals surface area contributed by atoms with Crippen LogP contribution in [0.4, 0.5) is 5.69 Å². The van der Waals surface area contributed by atoms with Crippen molar-refractivity contribution >= 4 is 11.6 Å². The molecule has 1 N–H and O–H groups in total. The van der Waals surface area contributed by atoms with Crippen molar-refractivity contribution in [2.45, 2.75) is 20.3 Å². The van der Waals surface area contributed by atoms with E-state index in [9.17, 15) is 4.79 Å². The van der Waals surface area contributed by atoms with Gasteiger partial charge in [-0.25, -0.2) is 4.68 Å². The van der Waals surface area contributed by atoms with E-state index < -0.39 is 0 Å². The highest BCUT2D eigenvalue weighted by Crippen LogP contribution is 2.13. The van der Waals surface area contributed by atoms with Crippen LogP contribution >= 0.6 is 0 Å². The molecule has 5 nitrogen and oxygen atoms in total. The van der Waals surface area contributed by atoms with Gasteiger partial charge in [0.15, 0.2) is 0 Å². The number of aryl methyl sites for hydroxylation is 2. The van der Waals surface area contributed by atoms with Gasteiger partial charge in [0.2, 0.25) is 5.91 Å². The number of benzene rings is 2. The third-order valence-corrected chi connectivity index (χ3v) is 4.50. The fraction of sp³-hybridized carbons (Fsp3) is 0.273. The summed E-state index contributed by atoms with van der Waals surface area (Å²) in [4.78, 5) is 14.1. The summed E-state index contributed by atoms with van der Waals surface area (Å²) < 4.78 is 1.94. The minimum Gasteiger partial charge on any atom is -0.365 e. The SMILES string of the molecule is Cc1cc(C)n(-c2ccc(CCNC(=O)CN(C)c3ccccc3)cc2)n1. The van der Waals surface area contributed by atoms with E-state index in [2.05, 4.69) is 47.7 Å². The lowest BCUT2D eigenvalue weighted by Gasteiger charge is -2.18. The molecule has 27 heavy (non-hydrogen) atoms. The molecule has 0 atom stereocenters. The maximum atomic E-state index is 12.1. The van der Waals surface area contributed by atoms with Gasteiger partial charge in [-0.3, -0.25) is 4.79 Å². The molecule has 1 amide bonds. The first-order valence-corrected chi connectivity index (χ1v) is 9.18. The van der Waals surface area contributed by atoms with Crippen molar-refractivity contribution in [2.75, 3.05) is 25.0 Å². The van der Waals surface area contributed by atoms with Crippen molar-refractivity contribution in [3.05, 3.63) is 77.6 Å². The Balaban J connectivity index is 1.47. The van der Waals surface area contributed by atoms with Crippen LogP contribution in [0.3, 0.4) is 0 Å². The van der Waals surface area contributed by atoms with Crippen LogP contribution in [0.25, 0.3) is 5.69 Å². The number of amides is 1. The van der Waals surface area contributed by atoms with Gasteiger partial charge in [0.25, 0.3) is 0 Å². The monoisotopic (exact) mass is 362 g/mol. The van der Waals surface area contributed by atoms with Gasteiger partial charge in [0.05, 0.1) is 17.9 Å². The van der Waals surface area contributed by atoms with E-state index in [0.717, 1.165) is 29.2 Å². The van der Waals surface area contributed by atoms with Crippen molar-refractivity contribution in [3.8, 4) is 5.69 Å². The summed E-state index contributed by atoms with van der Waals surface area (Å²) in [6, 6.07) is 20.3. The molecule has 1 heterocycles. The maximum absolute atomic E-state index is 12.1. The van der Waals surface area contributed by atoms with Crippen LogP contribution in [-0.4, -0.2) is 35.8 Å². The average Bonchev–Trinajstić information content (AvgIpc) is 3.01. The summed E-state index contributed by atoms with van der Waals surface area (Å²) in [6.45, 7) is 5.02. The topological polar surface area (TPSA) is 50.2 Å². The van der Waals surface area contributed by atoms with Crippen molar-refractivity contribution in [1.82, 2.24) is 15.1 Å². The van der Waals surface area contributed by atoms with Crippen LogP contribution < -0.4 is 10.2 Å². The second kappa shape index (κ2) is 8.54. The number of carbonyl (C=O) groups excluding carboxylic acids is 1. The number of rotatable bonds is 7. The van der Waals surface area contributed by atoms with Crippen molar-refractivity contribution in [3.63, 3.8) is 0 Å². The van der Waals surface area contributed by atoms with Gasteiger partial charge in [-0.1, -0.05) is 30.3 Å². The van der Waals surface area contributed by atoms with E-state index in [1.807, 2.05) is 53.9 Å². The minimum atomic E-state index is 0.0283. The fourth-order valence-corrected chi connectivity index (χ4v) is 3.09. The number of para-hydroxylation sites is 1. The summed E-state index contributed by atoms with van der Waals surface area (Å²) in [6.07, 6.45) is 0.804. The molecule has 3 aromatic rings. The van der Waals surface area contributed by atoms with E-state index in [-0.39, 0.29) is 5.91 Å². The zero-order valence-electron chi connectivity index (χ0n) is 16.1. The predicted octanol–water partition coefficient (Wildman–Crippen LogP) is 3.28. The van der Waals surface area contributed by atoms with E-state index in [4.69, 9.17) is 0 Å². The van der Waals surface area contributed by atoms with Gasteiger partial charge in [-0.15, -0.1) is 0 Å². The molecule has 0 spiro atoms. The highest BCUT2D eigenvalue weighted by Gasteiger charge is 2.07. The van der Waals surface area contributed by atoms with Crippen LogP contribution in [0.1, 0.15) is 17.0 Å². The lowest BCUT2D eigenvalue weighted by molar-refractivity contribution is -0.119. The lowest BCUT2D eigenvalue weighted by Crippen LogP contribution is -2.36. The molecule has 0 aliphatic heterocycles. The molecule has 3 rings (SSSR count). The van der Waals surface area contributed by atoms with Gasteiger partial charge in [0, 0.05) is 25.0 Å². The molecule has 5 heteroatoms. The summed E-state index contributed by atoms with van der Waals surface area (Å²) >= 11 is 0. The lowest BCUT2D eigenvalue weighted by atomic mass is 10.1. The Morgan fingerprint density at radius 1 is 1.07 bits per heavy atom. The van der Waals surface area contributed by atoms with Crippen molar-refractivity contribution in [1.29, 1.82) is 0 Å². The number of aromatic nitrogens is 2. The van der Waals surface area contributed by atoms with Crippen LogP contribution in [0, 0.1) is 13.8 Å². The van der Waals surface area contributed by atoms with Crippen molar-refractivity contribution in [2.24, 2.45) is 0 Å². The Labute approximate surface area is 160 Å². The molecule has 1 aromatic heterocycles. The molecule has 0 fully saturated rings.